The van der Waals surface area contributed by atoms with Gasteiger partial charge in [-0.2, -0.15) is 0 Å². The minimum atomic E-state index is 0.0295. The van der Waals surface area contributed by atoms with Gasteiger partial charge in [0.05, 0.1) is 12.6 Å². The second-order valence-electron chi connectivity index (χ2n) is 7.10. The average Bonchev–Trinajstić information content (AvgIpc) is 2.61. The average molecular weight is 324 g/mol. The molecule has 0 saturated heterocycles. The van der Waals surface area contributed by atoms with E-state index in [4.69, 9.17) is 0 Å². The summed E-state index contributed by atoms with van der Waals surface area (Å²) >= 11 is 0. The summed E-state index contributed by atoms with van der Waals surface area (Å²) in [5.74, 6) is 0.115. The first kappa shape index (κ1) is 17.0. The summed E-state index contributed by atoms with van der Waals surface area (Å²) in [5.41, 5.74) is 1.15. The lowest BCUT2D eigenvalue weighted by atomic mass is 9.94. The summed E-state index contributed by atoms with van der Waals surface area (Å²) in [4.78, 5) is 14.6. The van der Waals surface area contributed by atoms with E-state index in [1.54, 1.807) is 0 Å². The van der Waals surface area contributed by atoms with Gasteiger partial charge < -0.3 is 5.32 Å². The van der Waals surface area contributed by atoms with Gasteiger partial charge in [0.25, 0.3) is 0 Å². The predicted molar refractivity (Wildman–Crippen MR) is 100 cm³/mol. The van der Waals surface area contributed by atoms with Crippen molar-refractivity contribution in [2.75, 3.05) is 13.6 Å². The Morgan fingerprint density at radius 2 is 1.83 bits per heavy atom. The van der Waals surface area contributed by atoms with Crippen molar-refractivity contribution in [1.82, 2.24) is 10.2 Å². The molecule has 0 bridgehead atoms. The lowest BCUT2D eigenvalue weighted by Crippen LogP contribution is -2.42. The minimum Gasteiger partial charge on any atom is -0.348 e. The first-order chi connectivity index (χ1) is 11.6. The number of likely N-dealkylation sites (N-methyl/N-ethyl adjacent to an activating group) is 1. The standard InChI is InChI=1S/C21H28N2O/c1-16(18-13-12-17-8-6-7-9-19(17)14-18)22-21(24)15-23(2)20-10-4-3-5-11-20/h6-9,12-14,16,20H,3-5,10-11,15H2,1-2H3,(H,22,24). The first-order valence-corrected chi connectivity index (χ1v) is 9.12. The highest BCUT2D eigenvalue weighted by Gasteiger charge is 2.20. The third-order valence-electron chi connectivity index (χ3n) is 5.24. The number of carbonyl (C=O) groups excluding carboxylic acids is 1. The molecule has 3 rings (SSSR count). The van der Waals surface area contributed by atoms with Crippen LogP contribution in [0.3, 0.4) is 0 Å². The SMILES string of the molecule is CC(NC(=O)CN(C)C1CCCCC1)c1ccc2ccccc2c1. The Balaban J connectivity index is 1.58. The number of nitrogens with one attached hydrogen (secondary N) is 1. The van der Waals surface area contributed by atoms with Crippen LogP contribution in [0.25, 0.3) is 10.8 Å². The Bertz CT molecular complexity index is 691. The molecule has 1 N–H and O–H groups in total. The summed E-state index contributed by atoms with van der Waals surface area (Å²) < 4.78 is 0. The highest BCUT2D eigenvalue weighted by Crippen LogP contribution is 2.22. The molecule has 0 heterocycles. The molecular weight excluding hydrogens is 296 g/mol. The fourth-order valence-electron chi connectivity index (χ4n) is 3.73. The molecule has 1 amide bonds. The molecule has 2 aromatic carbocycles. The molecule has 0 aromatic heterocycles. The highest BCUT2D eigenvalue weighted by atomic mass is 16.2. The molecule has 0 aliphatic heterocycles. The van der Waals surface area contributed by atoms with Gasteiger partial charge in [0.1, 0.15) is 0 Å². The lowest BCUT2D eigenvalue weighted by Gasteiger charge is -2.31. The number of rotatable bonds is 5. The Morgan fingerprint density at radius 3 is 2.58 bits per heavy atom. The number of nitrogens with zero attached hydrogens (tertiary/aromatic N) is 1. The molecule has 1 aliphatic carbocycles. The van der Waals surface area contributed by atoms with Crippen LogP contribution in [0, 0.1) is 0 Å². The molecule has 24 heavy (non-hydrogen) atoms. The molecular formula is C21H28N2O. The van der Waals surface area contributed by atoms with Crippen molar-refractivity contribution < 1.29 is 4.79 Å². The van der Waals surface area contributed by atoms with E-state index in [2.05, 4.69) is 60.6 Å². The van der Waals surface area contributed by atoms with Crippen LogP contribution in [-0.2, 0) is 4.79 Å². The molecule has 1 saturated carbocycles. The minimum absolute atomic E-state index is 0.0295. The summed E-state index contributed by atoms with van der Waals surface area (Å²) in [6.45, 7) is 2.55. The van der Waals surface area contributed by atoms with Crippen LogP contribution in [0.4, 0.5) is 0 Å². The molecule has 0 spiro atoms. The lowest BCUT2D eigenvalue weighted by molar-refractivity contribution is -0.123. The Hall–Kier alpha value is -1.87. The van der Waals surface area contributed by atoms with Gasteiger partial charge in [-0.25, -0.2) is 0 Å². The van der Waals surface area contributed by atoms with Gasteiger partial charge in [-0.05, 0) is 49.2 Å². The molecule has 2 aromatic rings. The van der Waals surface area contributed by atoms with Gasteiger partial charge in [0.2, 0.25) is 5.91 Å². The van der Waals surface area contributed by atoms with E-state index in [0.29, 0.717) is 12.6 Å². The number of hydrogen-bond donors (Lipinski definition) is 1. The predicted octanol–water partition coefficient (Wildman–Crippen LogP) is 4.28. The van der Waals surface area contributed by atoms with Crippen LogP contribution in [0.1, 0.15) is 50.6 Å². The van der Waals surface area contributed by atoms with Crippen molar-refractivity contribution in [1.29, 1.82) is 0 Å². The van der Waals surface area contributed by atoms with E-state index < -0.39 is 0 Å². The largest absolute Gasteiger partial charge is 0.348 e. The summed E-state index contributed by atoms with van der Waals surface area (Å²) in [6.07, 6.45) is 6.39. The Morgan fingerprint density at radius 1 is 1.12 bits per heavy atom. The zero-order valence-corrected chi connectivity index (χ0v) is 14.8. The second kappa shape index (κ2) is 7.80. The van der Waals surface area contributed by atoms with Crippen molar-refractivity contribution >= 4 is 16.7 Å². The fraction of sp³-hybridized carbons (Fsp3) is 0.476. The van der Waals surface area contributed by atoms with Gasteiger partial charge in [-0.15, -0.1) is 0 Å². The summed E-state index contributed by atoms with van der Waals surface area (Å²) in [7, 11) is 2.08. The monoisotopic (exact) mass is 324 g/mol. The van der Waals surface area contributed by atoms with E-state index in [1.807, 2.05) is 6.07 Å². The van der Waals surface area contributed by atoms with Crippen LogP contribution in [0.5, 0.6) is 0 Å². The molecule has 1 unspecified atom stereocenters. The van der Waals surface area contributed by atoms with Gasteiger partial charge in [-0.1, -0.05) is 55.7 Å². The maximum absolute atomic E-state index is 12.4. The van der Waals surface area contributed by atoms with E-state index in [-0.39, 0.29) is 11.9 Å². The Labute approximate surface area is 145 Å². The third-order valence-corrected chi connectivity index (χ3v) is 5.24. The molecule has 128 valence electrons. The molecule has 1 aliphatic rings. The smallest absolute Gasteiger partial charge is 0.234 e. The zero-order valence-electron chi connectivity index (χ0n) is 14.8. The third kappa shape index (κ3) is 4.15. The van der Waals surface area contributed by atoms with Crippen molar-refractivity contribution in [3.63, 3.8) is 0 Å². The topological polar surface area (TPSA) is 32.3 Å². The Kier molecular flexibility index (Phi) is 5.52. The van der Waals surface area contributed by atoms with Crippen molar-refractivity contribution in [2.24, 2.45) is 0 Å². The van der Waals surface area contributed by atoms with Crippen LogP contribution in [-0.4, -0.2) is 30.4 Å². The van der Waals surface area contributed by atoms with Crippen molar-refractivity contribution in [2.45, 2.75) is 51.1 Å². The number of hydrogen-bond acceptors (Lipinski definition) is 2. The van der Waals surface area contributed by atoms with Crippen LogP contribution in [0.2, 0.25) is 0 Å². The maximum Gasteiger partial charge on any atom is 0.234 e. The van der Waals surface area contributed by atoms with Crippen LogP contribution >= 0.6 is 0 Å². The van der Waals surface area contributed by atoms with Crippen molar-refractivity contribution in [3.05, 3.63) is 48.0 Å². The highest BCUT2D eigenvalue weighted by molar-refractivity contribution is 5.83. The number of carbonyl (C=O) groups is 1. The zero-order chi connectivity index (χ0) is 16.9. The van der Waals surface area contributed by atoms with Crippen LogP contribution < -0.4 is 5.32 Å². The van der Waals surface area contributed by atoms with E-state index in [0.717, 1.165) is 5.56 Å². The summed E-state index contributed by atoms with van der Waals surface area (Å²) in [6, 6.07) is 15.3. The molecule has 3 nitrogen and oxygen atoms in total. The number of amides is 1. The van der Waals surface area contributed by atoms with E-state index in [9.17, 15) is 4.79 Å². The molecule has 3 heteroatoms. The van der Waals surface area contributed by atoms with E-state index in [1.165, 1.54) is 42.9 Å². The molecule has 0 radical (unpaired) electrons. The quantitative estimate of drug-likeness (QED) is 0.890. The van der Waals surface area contributed by atoms with Crippen molar-refractivity contribution in [3.8, 4) is 0 Å². The van der Waals surface area contributed by atoms with Gasteiger partial charge >= 0.3 is 0 Å². The fourth-order valence-corrected chi connectivity index (χ4v) is 3.73. The second-order valence-corrected chi connectivity index (χ2v) is 7.10. The normalized spacial score (nSPS) is 17.1. The maximum atomic E-state index is 12.4. The first-order valence-electron chi connectivity index (χ1n) is 9.12. The van der Waals surface area contributed by atoms with Crippen LogP contribution in [0.15, 0.2) is 42.5 Å². The van der Waals surface area contributed by atoms with Gasteiger partial charge in [0.15, 0.2) is 0 Å². The van der Waals surface area contributed by atoms with Gasteiger partial charge in [0, 0.05) is 6.04 Å². The van der Waals surface area contributed by atoms with Gasteiger partial charge in [-0.3, -0.25) is 9.69 Å². The summed E-state index contributed by atoms with van der Waals surface area (Å²) in [5, 5.41) is 5.60. The molecule has 1 fully saturated rings. The number of benzene rings is 2. The number of fused-ring (bicyclic) bond motifs is 1. The van der Waals surface area contributed by atoms with E-state index >= 15 is 0 Å². The molecule has 1 atom stereocenters.